The molecule has 0 radical (unpaired) electrons. The zero-order valence-electron chi connectivity index (χ0n) is 19.5. The number of thiophene rings is 1. The lowest BCUT2D eigenvalue weighted by Crippen LogP contribution is -2.49. The van der Waals surface area contributed by atoms with E-state index >= 15 is 0 Å². The Labute approximate surface area is 200 Å². The van der Waals surface area contributed by atoms with Crippen LogP contribution in [0.1, 0.15) is 48.5 Å². The van der Waals surface area contributed by atoms with E-state index in [1.165, 1.54) is 22.2 Å². The van der Waals surface area contributed by atoms with Gasteiger partial charge in [0.1, 0.15) is 16.5 Å². The average molecular weight is 485 g/mol. The molecule has 0 spiro atoms. The van der Waals surface area contributed by atoms with Crippen LogP contribution in [0, 0.1) is 5.92 Å². The molecule has 0 unspecified atom stereocenters. The molecule has 1 fully saturated rings. The van der Waals surface area contributed by atoms with Crippen LogP contribution in [0.15, 0.2) is 30.3 Å². The van der Waals surface area contributed by atoms with Gasteiger partial charge in [0, 0.05) is 37.5 Å². The highest BCUT2D eigenvalue weighted by Gasteiger charge is 2.31. The van der Waals surface area contributed by atoms with Crippen molar-refractivity contribution in [2.45, 2.75) is 51.7 Å². The highest BCUT2D eigenvalue weighted by Crippen LogP contribution is 2.41. The third kappa shape index (κ3) is 4.66. The van der Waals surface area contributed by atoms with Crippen LogP contribution >= 0.6 is 11.3 Å². The van der Waals surface area contributed by atoms with Crippen LogP contribution in [-0.2, 0) is 35.0 Å². The number of rotatable bonds is 6. The molecule has 5 rings (SSSR count). The fourth-order valence-corrected chi connectivity index (χ4v) is 7.90. The summed E-state index contributed by atoms with van der Waals surface area (Å²) in [4.78, 5) is 14.8. The highest BCUT2D eigenvalue weighted by molar-refractivity contribution is 7.88. The molecule has 2 aliphatic rings. The Kier molecular flexibility index (Phi) is 6.42. The zero-order chi connectivity index (χ0) is 23.0. The van der Waals surface area contributed by atoms with E-state index in [2.05, 4.69) is 18.7 Å². The minimum Gasteiger partial charge on any atom is -0.353 e. The average Bonchev–Trinajstić information content (AvgIpc) is 3.16. The van der Waals surface area contributed by atoms with Crippen LogP contribution < -0.4 is 4.90 Å². The quantitative estimate of drug-likeness (QED) is 0.518. The monoisotopic (exact) mass is 484 g/mol. The Morgan fingerprint density at radius 1 is 1.09 bits per heavy atom. The molecule has 1 aliphatic carbocycles. The fraction of sp³-hybridized carbons (Fsp3) is 0.520. The lowest BCUT2D eigenvalue weighted by Gasteiger charge is -2.35. The molecule has 33 heavy (non-hydrogen) atoms. The highest BCUT2D eigenvalue weighted by atomic mass is 32.2. The maximum atomic E-state index is 13.0. The third-order valence-electron chi connectivity index (χ3n) is 6.78. The van der Waals surface area contributed by atoms with E-state index in [-0.39, 0.29) is 5.75 Å². The van der Waals surface area contributed by atoms with Gasteiger partial charge < -0.3 is 4.90 Å². The normalized spacial score (nSPS) is 19.7. The van der Waals surface area contributed by atoms with Gasteiger partial charge in [0.2, 0.25) is 10.0 Å². The van der Waals surface area contributed by atoms with Gasteiger partial charge in [0.05, 0.1) is 11.1 Å². The van der Waals surface area contributed by atoms with Crippen LogP contribution in [-0.4, -0.2) is 48.9 Å². The van der Waals surface area contributed by atoms with E-state index in [0.29, 0.717) is 26.2 Å². The number of piperazine rings is 1. The number of aromatic nitrogens is 2. The number of benzene rings is 1. The smallest absolute Gasteiger partial charge is 0.218 e. The first-order valence-corrected chi connectivity index (χ1v) is 14.4. The van der Waals surface area contributed by atoms with Crippen molar-refractivity contribution in [3.05, 3.63) is 52.2 Å². The third-order valence-corrected chi connectivity index (χ3v) is 9.78. The van der Waals surface area contributed by atoms with E-state index in [9.17, 15) is 8.42 Å². The second kappa shape index (κ2) is 9.31. The Morgan fingerprint density at radius 3 is 2.58 bits per heavy atom. The zero-order valence-corrected chi connectivity index (χ0v) is 21.1. The maximum Gasteiger partial charge on any atom is 0.218 e. The van der Waals surface area contributed by atoms with Crippen molar-refractivity contribution < 1.29 is 8.42 Å². The molecule has 1 saturated heterocycles. The van der Waals surface area contributed by atoms with Gasteiger partial charge in [-0.15, -0.1) is 11.3 Å². The van der Waals surface area contributed by atoms with Gasteiger partial charge in [-0.2, -0.15) is 4.31 Å². The molecule has 1 aromatic carbocycles. The van der Waals surface area contributed by atoms with Crippen molar-refractivity contribution in [2.75, 3.05) is 31.1 Å². The van der Waals surface area contributed by atoms with Crippen LogP contribution in [0.4, 0.5) is 5.82 Å². The molecular formula is C25H32N4O2S2. The van der Waals surface area contributed by atoms with E-state index in [1.807, 2.05) is 41.7 Å². The molecule has 3 heterocycles. The predicted octanol–water partition coefficient (Wildman–Crippen LogP) is 4.42. The lowest BCUT2D eigenvalue weighted by atomic mass is 9.89. The molecule has 1 atom stereocenters. The van der Waals surface area contributed by atoms with E-state index in [0.717, 1.165) is 53.6 Å². The first-order chi connectivity index (χ1) is 15.9. The van der Waals surface area contributed by atoms with Gasteiger partial charge >= 0.3 is 0 Å². The topological polar surface area (TPSA) is 66.4 Å². The maximum absolute atomic E-state index is 13.0. The molecule has 0 N–H and O–H groups in total. The number of hydrogen-bond donors (Lipinski definition) is 0. The fourth-order valence-electron chi connectivity index (χ4n) is 4.98. The first-order valence-electron chi connectivity index (χ1n) is 12.0. The summed E-state index contributed by atoms with van der Waals surface area (Å²) in [7, 11) is -3.33. The Balaban J connectivity index is 1.41. The Bertz CT molecular complexity index is 1230. The van der Waals surface area contributed by atoms with Crippen molar-refractivity contribution >= 4 is 37.4 Å². The molecule has 0 saturated carbocycles. The lowest BCUT2D eigenvalue weighted by molar-refractivity contribution is 0.383. The summed E-state index contributed by atoms with van der Waals surface area (Å²) in [5, 5.41) is 1.22. The van der Waals surface area contributed by atoms with Crippen molar-refractivity contribution in [3.63, 3.8) is 0 Å². The van der Waals surface area contributed by atoms with Gasteiger partial charge in [-0.25, -0.2) is 18.4 Å². The van der Waals surface area contributed by atoms with Gasteiger partial charge in [-0.1, -0.05) is 44.2 Å². The van der Waals surface area contributed by atoms with Crippen molar-refractivity contribution in [1.29, 1.82) is 0 Å². The van der Waals surface area contributed by atoms with Crippen LogP contribution in [0.2, 0.25) is 0 Å². The van der Waals surface area contributed by atoms with Crippen LogP contribution in [0.5, 0.6) is 0 Å². The number of anilines is 1. The van der Waals surface area contributed by atoms with Gasteiger partial charge in [-0.3, -0.25) is 0 Å². The Hall–Kier alpha value is -2.03. The van der Waals surface area contributed by atoms with Crippen LogP contribution in [0.25, 0.3) is 10.2 Å². The Morgan fingerprint density at radius 2 is 1.85 bits per heavy atom. The molecule has 6 nitrogen and oxygen atoms in total. The van der Waals surface area contributed by atoms with E-state index in [4.69, 9.17) is 9.97 Å². The summed E-state index contributed by atoms with van der Waals surface area (Å²) in [5.41, 5.74) is 2.27. The second-order valence-electron chi connectivity index (χ2n) is 9.37. The molecule has 1 aliphatic heterocycles. The molecular weight excluding hydrogens is 452 g/mol. The van der Waals surface area contributed by atoms with Crippen molar-refractivity contribution in [1.82, 2.24) is 14.3 Å². The second-order valence-corrected chi connectivity index (χ2v) is 12.4. The number of hydrogen-bond acceptors (Lipinski definition) is 6. The molecule has 3 aromatic rings. The van der Waals surface area contributed by atoms with Gasteiger partial charge in [0.15, 0.2) is 0 Å². The van der Waals surface area contributed by atoms with Gasteiger partial charge in [0.25, 0.3) is 0 Å². The van der Waals surface area contributed by atoms with E-state index in [1.54, 1.807) is 4.31 Å². The molecule has 2 aromatic heterocycles. The molecule has 176 valence electrons. The predicted molar refractivity (Wildman–Crippen MR) is 135 cm³/mol. The summed E-state index contributed by atoms with van der Waals surface area (Å²) in [6.45, 7) is 6.79. The summed E-state index contributed by atoms with van der Waals surface area (Å²) in [6.07, 6.45) is 5.31. The summed E-state index contributed by atoms with van der Waals surface area (Å²) >= 11 is 1.84. The number of nitrogens with zero attached hydrogens (tertiary/aromatic N) is 4. The summed E-state index contributed by atoms with van der Waals surface area (Å²) in [5.74, 6) is 2.71. The number of sulfonamides is 1. The largest absolute Gasteiger partial charge is 0.353 e. The molecule has 8 heteroatoms. The number of fused-ring (bicyclic) bond motifs is 3. The standard InChI is InChI=1S/C25H32N4O2S2/c1-3-7-22-26-24(23-20-11-10-18(2)16-21(20)32-25(23)27-22)28-12-14-29(15-13-28)33(30,31)17-19-8-5-4-6-9-19/h4-6,8-9,18H,3,7,10-17H2,1-2H3/t18-/m0/s1. The summed E-state index contributed by atoms with van der Waals surface area (Å²) < 4.78 is 27.7. The molecule has 0 bridgehead atoms. The van der Waals surface area contributed by atoms with Crippen molar-refractivity contribution in [3.8, 4) is 0 Å². The molecule has 0 amide bonds. The van der Waals surface area contributed by atoms with E-state index < -0.39 is 10.0 Å². The number of aryl methyl sites for hydroxylation is 2. The SMILES string of the molecule is CCCc1nc(N2CCN(S(=O)(=O)Cc3ccccc3)CC2)c2c3c(sc2n1)C[C@@H](C)CC3. The first kappa shape index (κ1) is 22.7. The van der Waals surface area contributed by atoms with Crippen molar-refractivity contribution in [2.24, 2.45) is 5.92 Å². The van der Waals surface area contributed by atoms with Crippen LogP contribution in [0.3, 0.4) is 0 Å². The van der Waals surface area contributed by atoms with Gasteiger partial charge in [-0.05, 0) is 42.7 Å². The minimum atomic E-state index is -3.33. The minimum absolute atomic E-state index is 0.0580. The summed E-state index contributed by atoms with van der Waals surface area (Å²) in [6, 6.07) is 9.44.